The van der Waals surface area contributed by atoms with E-state index in [4.69, 9.17) is 15.0 Å². The molecule has 9 heteroatoms. The van der Waals surface area contributed by atoms with Gasteiger partial charge in [0, 0.05) is 5.56 Å². The molecule has 2 heterocycles. The number of hydrogen-bond acceptors (Lipinski definition) is 7. The van der Waals surface area contributed by atoms with Crippen molar-refractivity contribution in [1.82, 2.24) is 30.2 Å². The summed E-state index contributed by atoms with van der Waals surface area (Å²) in [6.07, 6.45) is 0. The Morgan fingerprint density at radius 3 is 2.54 bits per heavy atom. The van der Waals surface area contributed by atoms with E-state index in [1.807, 2.05) is 0 Å². The Hall–Kier alpha value is -4.53. The highest BCUT2D eigenvalue weighted by atomic mass is 16.5. The SMILES string of the molecule is [2H]c1c([2H])c(-c2ccccc2-c2nn[nH]n2)c([2H])c([2H])c1Cn1c(OCC)nc2cccc(C(=O)OCC)c21. The molecule has 2 aromatic heterocycles. The third-order valence-electron chi connectivity index (χ3n) is 5.28. The van der Waals surface area contributed by atoms with Gasteiger partial charge in [0.15, 0.2) is 0 Å². The number of H-pyrrole nitrogens is 1. The van der Waals surface area contributed by atoms with Gasteiger partial charge in [-0.1, -0.05) is 54.5 Å². The summed E-state index contributed by atoms with van der Waals surface area (Å²) in [6.45, 7) is 3.86. The van der Waals surface area contributed by atoms with Crippen molar-refractivity contribution in [1.29, 1.82) is 0 Å². The number of aromatic nitrogens is 6. The summed E-state index contributed by atoms with van der Waals surface area (Å²) in [4.78, 5) is 17.3. The average molecular weight is 473 g/mol. The zero-order valence-electron chi connectivity index (χ0n) is 23.1. The first-order chi connectivity index (χ1) is 18.9. The lowest BCUT2D eigenvalue weighted by atomic mass is 9.98. The van der Waals surface area contributed by atoms with Crippen LogP contribution in [-0.4, -0.2) is 49.4 Å². The number of ether oxygens (including phenoxy) is 2. The molecule has 5 rings (SSSR count). The van der Waals surface area contributed by atoms with Crippen molar-refractivity contribution in [3.05, 3.63) is 77.8 Å². The van der Waals surface area contributed by atoms with Gasteiger partial charge >= 0.3 is 5.97 Å². The molecule has 0 aliphatic carbocycles. The minimum Gasteiger partial charge on any atom is -0.465 e. The first kappa shape index (κ1) is 17.9. The summed E-state index contributed by atoms with van der Waals surface area (Å²) < 4.78 is 47.9. The number of benzene rings is 3. The quantitative estimate of drug-likeness (QED) is 0.331. The maximum absolute atomic E-state index is 12.7. The molecule has 5 aromatic rings. The van der Waals surface area contributed by atoms with E-state index >= 15 is 0 Å². The normalized spacial score (nSPS) is 12.6. The Morgan fingerprint density at radius 2 is 1.83 bits per heavy atom. The van der Waals surface area contributed by atoms with Crippen LogP contribution in [0.1, 0.15) is 35.3 Å². The van der Waals surface area contributed by atoms with Gasteiger partial charge in [0.05, 0.1) is 41.8 Å². The number of aromatic amines is 1. The predicted molar refractivity (Wildman–Crippen MR) is 131 cm³/mol. The smallest absolute Gasteiger partial charge is 0.340 e. The summed E-state index contributed by atoms with van der Waals surface area (Å²) in [5, 5.41) is 14.0. The van der Waals surface area contributed by atoms with Crippen LogP contribution in [0.2, 0.25) is 0 Å². The number of rotatable bonds is 8. The first-order valence-corrected chi connectivity index (χ1v) is 11.1. The van der Waals surface area contributed by atoms with E-state index in [0.29, 0.717) is 28.8 Å². The molecule has 0 atom stereocenters. The topological polar surface area (TPSA) is 108 Å². The Balaban J connectivity index is 1.69. The maximum Gasteiger partial charge on any atom is 0.340 e. The number of carbonyl (C=O) groups excluding carboxylic acids is 1. The number of esters is 1. The molecule has 1 N–H and O–H groups in total. The third kappa shape index (κ3) is 4.35. The van der Waals surface area contributed by atoms with Gasteiger partial charge in [-0.3, -0.25) is 4.57 Å². The molecule has 0 aliphatic rings. The van der Waals surface area contributed by atoms with Gasteiger partial charge in [0.2, 0.25) is 5.82 Å². The van der Waals surface area contributed by atoms with Crippen LogP contribution >= 0.6 is 0 Å². The summed E-state index contributed by atoms with van der Waals surface area (Å²) >= 11 is 0. The first-order valence-electron chi connectivity index (χ1n) is 13.1. The van der Waals surface area contributed by atoms with Crippen molar-refractivity contribution in [2.24, 2.45) is 0 Å². The van der Waals surface area contributed by atoms with Crippen molar-refractivity contribution in [2.45, 2.75) is 20.4 Å². The second kappa shape index (κ2) is 9.76. The molecule has 0 bridgehead atoms. The molecular formula is C26H24N6O3. The standard InChI is InChI=1S/C26H24N6O3/c1-3-34-25(33)21-10-7-11-22-23(21)32(26(27-22)35-4-2)16-17-12-14-18(15-13-17)19-8-5-6-9-20(19)24-28-30-31-29-24/h5-15H,3-4,16H2,1-2H3,(H,28,29,30,31)/i12D,13D,14D,15D. The number of nitrogens with zero attached hydrogens (tertiary/aromatic N) is 5. The molecular weight excluding hydrogens is 444 g/mol. The van der Waals surface area contributed by atoms with Crippen molar-refractivity contribution < 1.29 is 19.8 Å². The number of imidazole rings is 1. The van der Waals surface area contributed by atoms with Gasteiger partial charge < -0.3 is 9.47 Å². The molecule has 0 unspecified atom stereocenters. The van der Waals surface area contributed by atoms with E-state index in [1.54, 1.807) is 60.9 Å². The zero-order chi connectivity index (χ0) is 27.7. The Labute approximate surface area is 207 Å². The molecule has 0 spiro atoms. The molecule has 0 amide bonds. The average Bonchev–Trinajstić information content (AvgIpc) is 3.59. The monoisotopic (exact) mass is 472 g/mol. The van der Waals surface area contributed by atoms with Gasteiger partial charge in [0.1, 0.15) is 0 Å². The minimum absolute atomic E-state index is 0.113. The van der Waals surface area contributed by atoms with E-state index in [2.05, 4.69) is 25.6 Å². The fraction of sp³-hybridized carbons (Fsp3) is 0.192. The number of fused-ring (bicyclic) bond motifs is 1. The van der Waals surface area contributed by atoms with Crippen LogP contribution in [-0.2, 0) is 11.3 Å². The Morgan fingerprint density at radius 1 is 1.03 bits per heavy atom. The van der Waals surface area contributed by atoms with Gasteiger partial charge in [-0.2, -0.15) is 10.2 Å². The van der Waals surface area contributed by atoms with Crippen LogP contribution in [0.3, 0.4) is 0 Å². The molecule has 3 aromatic carbocycles. The van der Waals surface area contributed by atoms with E-state index in [0.717, 1.165) is 0 Å². The third-order valence-corrected chi connectivity index (χ3v) is 5.28. The van der Waals surface area contributed by atoms with Gasteiger partial charge in [-0.25, -0.2) is 4.79 Å². The molecule has 0 saturated heterocycles. The lowest BCUT2D eigenvalue weighted by Gasteiger charge is -2.12. The van der Waals surface area contributed by atoms with Crippen molar-refractivity contribution >= 4 is 17.0 Å². The lowest BCUT2D eigenvalue weighted by Crippen LogP contribution is -2.10. The highest BCUT2D eigenvalue weighted by Crippen LogP contribution is 2.31. The molecule has 176 valence electrons. The fourth-order valence-electron chi connectivity index (χ4n) is 3.81. The highest BCUT2D eigenvalue weighted by Gasteiger charge is 2.20. The predicted octanol–water partition coefficient (Wildman–Crippen LogP) is 4.51. The van der Waals surface area contributed by atoms with Crippen molar-refractivity contribution in [2.75, 3.05) is 13.2 Å². The van der Waals surface area contributed by atoms with Crippen LogP contribution in [0.25, 0.3) is 33.5 Å². The van der Waals surface area contributed by atoms with Crippen LogP contribution in [0.15, 0.2) is 66.6 Å². The zero-order valence-corrected chi connectivity index (χ0v) is 19.1. The number of carbonyl (C=O) groups is 1. The lowest BCUT2D eigenvalue weighted by molar-refractivity contribution is 0.0528. The number of para-hydroxylation sites is 1. The molecule has 9 nitrogen and oxygen atoms in total. The van der Waals surface area contributed by atoms with E-state index in [9.17, 15) is 4.79 Å². The van der Waals surface area contributed by atoms with Gasteiger partial charge in [0.25, 0.3) is 6.01 Å². The van der Waals surface area contributed by atoms with Crippen LogP contribution in [0.4, 0.5) is 0 Å². The minimum atomic E-state index is -0.541. The maximum atomic E-state index is 12.7. The van der Waals surface area contributed by atoms with Crippen molar-refractivity contribution in [3.8, 4) is 28.5 Å². The summed E-state index contributed by atoms with van der Waals surface area (Å²) in [7, 11) is 0. The van der Waals surface area contributed by atoms with Crippen molar-refractivity contribution in [3.63, 3.8) is 0 Å². The van der Waals surface area contributed by atoms with E-state index in [1.165, 1.54) is 0 Å². The number of tetrazole rings is 1. The van der Waals surface area contributed by atoms with Gasteiger partial charge in [-0.05, 0) is 47.9 Å². The summed E-state index contributed by atoms with van der Waals surface area (Å²) in [6, 6.07) is 11.2. The molecule has 35 heavy (non-hydrogen) atoms. The molecule has 0 radical (unpaired) electrons. The van der Waals surface area contributed by atoms with E-state index in [-0.39, 0.29) is 65.8 Å². The largest absolute Gasteiger partial charge is 0.465 e. The molecule has 0 aliphatic heterocycles. The van der Waals surface area contributed by atoms with Crippen LogP contribution < -0.4 is 4.74 Å². The fourth-order valence-corrected chi connectivity index (χ4v) is 3.81. The van der Waals surface area contributed by atoms with E-state index < -0.39 is 5.97 Å². The second-order valence-electron chi connectivity index (χ2n) is 7.44. The Bertz CT molecular complexity index is 1660. The second-order valence-corrected chi connectivity index (χ2v) is 7.44. The highest BCUT2D eigenvalue weighted by molar-refractivity contribution is 6.02. The Kier molecular flexibility index (Phi) is 4.99. The molecule has 0 saturated carbocycles. The van der Waals surface area contributed by atoms with Gasteiger partial charge in [-0.15, -0.1) is 10.2 Å². The van der Waals surface area contributed by atoms with Crippen LogP contribution in [0, 0.1) is 0 Å². The summed E-state index contributed by atoms with van der Waals surface area (Å²) in [5.74, 6) is -0.274. The number of hydrogen-bond donors (Lipinski definition) is 1. The number of nitrogens with one attached hydrogen (secondary N) is 1. The summed E-state index contributed by atoms with van der Waals surface area (Å²) in [5.41, 5.74) is 2.33. The van der Waals surface area contributed by atoms with Crippen LogP contribution in [0.5, 0.6) is 6.01 Å². The molecule has 0 fully saturated rings.